The maximum atomic E-state index is 14.3. The maximum absolute atomic E-state index is 14.3. The van der Waals surface area contributed by atoms with Crippen molar-refractivity contribution >= 4 is 11.6 Å². The highest BCUT2D eigenvalue weighted by atomic mass is 35.5. The molecule has 0 amide bonds. The third-order valence-electron chi connectivity index (χ3n) is 4.09. The van der Waals surface area contributed by atoms with E-state index in [1.807, 2.05) is 30.3 Å². The zero-order valence-corrected chi connectivity index (χ0v) is 11.9. The lowest BCUT2D eigenvalue weighted by Gasteiger charge is -2.33. The van der Waals surface area contributed by atoms with Crippen molar-refractivity contribution < 1.29 is 4.39 Å². The Hall–Kier alpha value is -1.38. The smallest absolute Gasteiger partial charge is 0.145 e. The summed E-state index contributed by atoms with van der Waals surface area (Å²) in [7, 11) is 0. The molecule has 2 aromatic rings. The minimum Gasteiger partial charge on any atom is -0.316 e. The molecule has 1 aliphatic rings. The van der Waals surface area contributed by atoms with Crippen LogP contribution >= 0.6 is 11.6 Å². The minimum absolute atomic E-state index is 0.178. The van der Waals surface area contributed by atoms with Crippen LogP contribution in [0.1, 0.15) is 29.4 Å². The van der Waals surface area contributed by atoms with E-state index in [1.165, 1.54) is 5.56 Å². The van der Waals surface area contributed by atoms with Gasteiger partial charge in [0.05, 0.1) is 5.02 Å². The molecular formula is C17H17ClFN. The van der Waals surface area contributed by atoms with E-state index in [0.29, 0.717) is 0 Å². The second-order valence-corrected chi connectivity index (χ2v) is 5.67. The molecule has 20 heavy (non-hydrogen) atoms. The van der Waals surface area contributed by atoms with E-state index in [0.717, 1.165) is 25.1 Å². The Bertz CT molecular complexity index is 585. The number of halogens is 2. The van der Waals surface area contributed by atoms with Gasteiger partial charge < -0.3 is 5.32 Å². The van der Waals surface area contributed by atoms with Gasteiger partial charge in [0.25, 0.3) is 0 Å². The maximum Gasteiger partial charge on any atom is 0.145 e. The summed E-state index contributed by atoms with van der Waals surface area (Å²) in [6.45, 7) is 1.79. The fourth-order valence-electron chi connectivity index (χ4n) is 3.09. The predicted molar refractivity (Wildman–Crippen MR) is 80.8 cm³/mol. The second-order valence-electron chi connectivity index (χ2n) is 5.26. The van der Waals surface area contributed by atoms with Gasteiger partial charge in [-0.15, -0.1) is 0 Å². The molecule has 2 aromatic carbocycles. The van der Waals surface area contributed by atoms with Gasteiger partial charge in [-0.2, -0.15) is 0 Å². The van der Waals surface area contributed by atoms with E-state index in [1.54, 1.807) is 6.07 Å². The SMILES string of the molecule is Fc1c(Cl)cccc1C1CCNCC1c1ccccc1. The van der Waals surface area contributed by atoms with E-state index < -0.39 is 0 Å². The molecule has 1 heterocycles. The summed E-state index contributed by atoms with van der Waals surface area (Å²) in [6.07, 6.45) is 0.927. The molecule has 0 radical (unpaired) electrons. The second kappa shape index (κ2) is 5.94. The van der Waals surface area contributed by atoms with Crippen LogP contribution in [-0.4, -0.2) is 13.1 Å². The van der Waals surface area contributed by atoms with Gasteiger partial charge in [-0.1, -0.05) is 54.1 Å². The summed E-state index contributed by atoms with van der Waals surface area (Å²) in [4.78, 5) is 0. The molecule has 0 aliphatic carbocycles. The van der Waals surface area contributed by atoms with Crippen molar-refractivity contribution in [3.05, 3.63) is 70.5 Å². The molecule has 0 spiro atoms. The first kappa shape index (κ1) is 13.6. The fourth-order valence-corrected chi connectivity index (χ4v) is 3.27. The van der Waals surface area contributed by atoms with Crippen LogP contribution in [-0.2, 0) is 0 Å². The molecule has 2 unspecified atom stereocenters. The lowest BCUT2D eigenvalue weighted by atomic mass is 9.77. The zero-order chi connectivity index (χ0) is 13.9. The Morgan fingerprint density at radius 1 is 1.00 bits per heavy atom. The van der Waals surface area contributed by atoms with Gasteiger partial charge in [-0.05, 0) is 36.1 Å². The predicted octanol–water partition coefficient (Wildman–Crippen LogP) is 4.34. The summed E-state index contributed by atoms with van der Waals surface area (Å²) in [6, 6.07) is 15.6. The molecule has 0 aromatic heterocycles. The molecule has 3 rings (SSSR count). The molecule has 1 saturated heterocycles. The first-order chi connectivity index (χ1) is 9.77. The van der Waals surface area contributed by atoms with Crippen LogP contribution in [0.15, 0.2) is 48.5 Å². The Morgan fingerprint density at radius 3 is 2.60 bits per heavy atom. The summed E-state index contributed by atoms with van der Waals surface area (Å²) in [5.74, 6) is 0.206. The largest absolute Gasteiger partial charge is 0.316 e. The van der Waals surface area contributed by atoms with Crippen LogP contribution in [0.3, 0.4) is 0 Å². The molecule has 3 heteroatoms. The van der Waals surface area contributed by atoms with Crippen molar-refractivity contribution in [1.82, 2.24) is 5.32 Å². The third-order valence-corrected chi connectivity index (χ3v) is 4.38. The standard InChI is InChI=1S/C17H17ClFN/c18-16-8-4-7-14(17(16)19)13-9-10-20-11-15(13)12-5-2-1-3-6-12/h1-8,13,15,20H,9-11H2. The van der Waals surface area contributed by atoms with Crippen molar-refractivity contribution in [2.45, 2.75) is 18.3 Å². The topological polar surface area (TPSA) is 12.0 Å². The Balaban J connectivity index is 1.99. The van der Waals surface area contributed by atoms with E-state index in [-0.39, 0.29) is 22.7 Å². The van der Waals surface area contributed by atoms with E-state index >= 15 is 0 Å². The number of piperidine rings is 1. The van der Waals surface area contributed by atoms with Gasteiger partial charge in [0.2, 0.25) is 0 Å². The van der Waals surface area contributed by atoms with Crippen molar-refractivity contribution in [1.29, 1.82) is 0 Å². The number of rotatable bonds is 2. The highest BCUT2D eigenvalue weighted by Gasteiger charge is 2.29. The Kier molecular flexibility index (Phi) is 4.04. The Morgan fingerprint density at radius 2 is 1.80 bits per heavy atom. The van der Waals surface area contributed by atoms with Crippen molar-refractivity contribution in [2.75, 3.05) is 13.1 Å². The van der Waals surface area contributed by atoms with Crippen LogP contribution in [0, 0.1) is 5.82 Å². The van der Waals surface area contributed by atoms with Crippen molar-refractivity contribution in [3.8, 4) is 0 Å². The van der Waals surface area contributed by atoms with Crippen LogP contribution in [0.5, 0.6) is 0 Å². The lowest BCUT2D eigenvalue weighted by Crippen LogP contribution is -2.34. The molecule has 1 fully saturated rings. The summed E-state index contributed by atoms with van der Waals surface area (Å²) in [5, 5.41) is 3.63. The molecule has 104 valence electrons. The first-order valence-corrected chi connectivity index (χ1v) is 7.34. The monoisotopic (exact) mass is 289 g/mol. The summed E-state index contributed by atoms with van der Waals surface area (Å²) in [5.41, 5.74) is 2.00. The van der Waals surface area contributed by atoms with Gasteiger partial charge >= 0.3 is 0 Å². The summed E-state index contributed by atoms with van der Waals surface area (Å²) >= 11 is 5.94. The molecule has 1 nitrogen and oxygen atoms in total. The highest BCUT2D eigenvalue weighted by molar-refractivity contribution is 6.30. The molecular weight excluding hydrogens is 273 g/mol. The number of nitrogens with one attached hydrogen (secondary N) is 1. The third kappa shape index (κ3) is 2.58. The minimum atomic E-state index is -0.262. The van der Waals surface area contributed by atoms with Gasteiger partial charge in [0.1, 0.15) is 5.82 Å². The fraction of sp³-hybridized carbons (Fsp3) is 0.294. The van der Waals surface area contributed by atoms with Crippen molar-refractivity contribution in [2.24, 2.45) is 0 Å². The number of benzene rings is 2. The average molecular weight is 290 g/mol. The highest BCUT2D eigenvalue weighted by Crippen LogP contribution is 2.39. The van der Waals surface area contributed by atoms with Gasteiger partial charge in [-0.25, -0.2) is 4.39 Å². The zero-order valence-electron chi connectivity index (χ0n) is 11.2. The molecule has 1 aliphatic heterocycles. The van der Waals surface area contributed by atoms with Crippen LogP contribution in [0.2, 0.25) is 5.02 Å². The number of hydrogen-bond acceptors (Lipinski definition) is 1. The average Bonchev–Trinajstić information content (AvgIpc) is 2.51. The van der Waals surface area contributed by atoms with E-state index in [2.05, 4.69) is 17.4 Å². The quantitative estimate of drug-likeness (QED) is 0.867. The summed E-state index contributed by atoms with van der Waals surface area (Å²) < 4.78 is 14.3. The molecule has 1 N–H and O–H groups in total. The molecule has 0 saturated carbocycles. The lowest BCUT2D eigenvalue weighted by molar-refractivity contribution is 0.393. The van der Waals surface area contributed by atoms with E-state index in [4.69, 9.17) is 11.6 Å². The number of hydrogen-bond donors (Lipinski definition) is 1. The van der Waals surface area contributed by atoms with Crippen LogP contribution < -0.4 is 5.32 Å². The molecule has 2 atom stereocenters. The van der Waals surface area contributed by atoms with Gasteiger partial charge in [-0.3, -0.25) is 0 Å². The van der Waals surface area contributed by atoms with Gasteiger partial charge in [0, 0.05) is 12.5 Å². The normalized spacial score (nSPS) is 22.7. The molecule has 0 bridgehead atoms. The van der Waals surface area contributed by atoms with Gasteiger partial charge in [0.15, 0.2) is 0 Å². The first-order valence-electron chi connectivity index (χ1n) is 6.97. The van der Waals surface area contributed by atoms with Crippen molar-refractivity contribution in [3.63, 3.8) is 0 Å². The van der Waals surface area contributed by atoms with Crippen LogP contribution in [0.25, 0.3) is 0 Å². The van der Waals surface area contributed by atoms with E-state index in [9.17, 15) is 4.39 Å². The van der Waals surface area contributed by atoms with Crippen LogP contribution in [0.4, 0.5) is 4.39 Å². The Labute approximate surface area is 123 Å².